The van der Waals surface area contributed by atoms with Crippen molar-refractivity contribution in [2.75, 3.05) is 37.7 Å². The topological polar surface area (TPSA) is 95.9 Å². The quantitative estimate of drug-likeness (QED) is 0.349. The average molecular weight is 469 g/mol. The highest BCUT2D eigenvalue weighted by Crippen LogP contribution is 2.19. The van der Waals surface area contributed by atoms with Crippen LogP contribution in [0.3, 0.4) is 0 Å². The average Bonchev–Trinajstić information content (AvgIpc) is 2.90. The molecule has 0 spiro atoms. The summed E-state index contributed by atoms with van der Waals surface area (Å²) in [5.74, 6) is 5.43. The van der Waals surface area contributed by atoms with Crippen LogP contribution in [0.15, 0.2) is 73.8 Å². The monoisotopic (exact) mass is 468 g/mol. The summed E-state index contributed by atoms with van der Waals surface area (Å²) in [6.07, 6.45) is 7.55. The van der Waals surface area contributed by atoms with Crippen molar-refractivity contribution in [1.82, 2.24) is 14.9 Å². The van der Waals surface area contributed by atoms with Crippen molar-refractivity contribution in [3.8, 4) is 17.6 Å². The number of ether oxygens (including phenoxy) is 1. The van der Waals surface area contributed by atoms with Crippen LogP contribution in [0, 0.1) is 11.8 Å². The Morgan fingerprint density at radius 2 is 1.60 bits per heavy atom. The minimum absolute atomic E-state index is 0.0416. The second-order valence-corrected chi connectivity index (χ2v) is 7.86. The minimum Gasteiger partial charge on any atom is -0.506 e. The number of aromatic nitrogens is 2. The fraction of sp³-hybridized carbons (Fsp3) is 0.185. The molecule has 2 aromatic heterocycles. The molecule has 0 atom stereocenters. The number of aromatic hydroxyl groups is 1. The van der Waals surface area contributed by atoms with Crippen LogP contribution in [0.2, 0.25) is 0 Å². The number of hydrogen-bond acceptors (Lipinski definition) is 7. The minimum atomic E-state index is -0.383. The van der Waals surface area contributed by atoms with Crippen LogP contribution in [-0.2, 0) is 4.74 Å². The lowest BCUT2D eigenvalue weighted by atomic mass is 10.1. The highest BCUT2D eigenvalue weighted by molar-refractivity contribution is 5.94. The van der Waals surface area contributed by atoms with Crippen LogP contribution >= 0.6 is 0 Å². The van der Waals surface area contributed by atoms with Crippen molar-refractivity contribution >= 4 is 17.6 Å². The number of esters is 1. The lowest BCUT2D eigenvalue weighted by molar-refractivity contribution is 0.0549. The Bertz CT molecular complexity index is 1290. The standard InChI is InChI=1S/C27H24N4O4/c1-2-13-35-27(34)22-5-7-24(8-6-22)30-9-11-31(12-10-30)26(33)23-14-20(16-28-18-23)3-4-21-15-25(32)19-29-17-21/h2,5-8,14-19,32H,1,9-13H2. The number of carbonyl (C=O) groups excluding carboxylic acids is 2. The maximum absolute atomic E-state index is 13.0. The molecule has 176 valence electrons. The first-order chi connectivity index (χ1) is 17.0. The highest BCUT2D eigenvalue weighted by atomic mass is 16.5. The third-order valence-electron chi connectivity index (χ3n) is 5.43. The summed E-state index contributed by atoms with van der Waals surface area (Å²) in [7, 11) is 0. The van der Waals surface area contributed by atoms with Gasteiger partial charge in [0.25, 0.3) is 5.91 Å². The van der Waals surface area contributed by atoms with E-state index in [-0.39, 0.29) is 24.2 Å². The number of rotatable bonds is 5. The van der Waals surface area contributed by atoms with Crippen LogP contribution < -0.4 is 4.90 Å². The van der Waals surface area contributed by atoms with E-state index in [4.69, 9.17) is 4.74 Å². The molecule has 0 saturated carbocycles. The van der Waals surface area contributed by atoms with E-state index >= 15 is 0 Å². The van der Waals surface area contributed by atoms with Gasteiger partial charge < -0.3 is 19.6 Å². The van der Waals surface area contributed by atoms with Crippen LogP contribution in [0.25, 0.3) is 0 Å². The Hall–Kier alpha value is -4.64. The molecule has 8 nitrogen and oxygen atoms in total. The fourth-order valence-electron chi connectivity index (χ4n) is 3.64. The van der Waals surface area contributed by atoms with Gasteiger partial charge in [-0.15, -0.1) is 0 Å². The van der Waals surface area contributed by atoms with Crippen molar-refractivity contribution in [1.29, 1.82) is 0 Å². The molecule has 1 N–H and O–H groups in total. The Labute approximate surface area is 203 Å². The molecule has 0 aliphatic carbocycles. The summed E-state index contributed by atoms with van der Waals surface area (Å²) in [4.78, 5) is 37.0. The van der Waals surface area contributed by atoms with E-state index in [0.29, 0.717) is 48.4 Å². The molecule has 3 aromatic rings. The predicted octanol–water partition coefficient (Wildman–Crippen LogP) is 2.89. The lowest BCUT2D eigenvalue weighted by Crippen LogP contribution is -2.48. The summed E-state index contributed by atoms with van der Waals surface area (Å²) in [5.41, 5.74) is 3.11. The number of amides is 1. The van der Waals surface area contributed by atoms with Crippen LogP contribution in [0.1, 0.15) is 31.8 Å². The number of pyridine rings is 2. The number of benzene rings is 1. The first-order valence-corrected chi connectivity index (χ1v) is 11.1. The lowest BCUT2D eigenvalue weighted by Gasteiger charge is -2.36. The predicted molar refractivity (Wildman–Crippen MR) is 131 cm³/mol. The molecule has 8 heteroatoms. The molecule has 3 heterocycles. The second-order valence-electron chi connectivity index (χ2n) is 7.86. The van der Waals surface area contributed by atoms with Crippen molar-refractivity contribution in [2.24, 2.45) is 0 Å². The summed E-state index contributed by atoms with van der Waals surface area (Å²) in [6, 6.07) is 10.5. The molecule has 35 heavy (non-hydrogen) atoms. The van der Waals surface area contributed by atoms with Gasteiger partial charge in [-0.3, -0.25) is 14.8 Å². The van der Waals surface area contributed by atoms with Gasteiger partial charge >= 0.3 is 5.97 Å². The van der Waals surface area contributed by atoms with Gasteiger partial charge in [0.05, 0.1) is 17.3 Å². The smallest absolute Gasteiger partial charge is 0.338 e. The molecule has 1 aliphatic rings. The molecule has 1 aliphatic heterocycles. The van der Waals surface area contributed by atoms with Crippen molar-refractivity contribution in [3.63, 3.8) is 0 Å². The molecule has 4 rings (SSSR count). The maximum Gasteiger partial charge on any atom is 0.338 e. The summed E-state index contributed by atoms with van der Waals surface area (Å²) < 4.78 is 5.05. The van der Waals surface area contributed by atoms with Gasteiger partial charge in [-0.2, -0.15) is 0 Å². The Morgan fingerprint density at radius 1 is 0.943 bits per heavy atom. The zero-order valence-corrected chi connectivity index (χ0v) is 19.1. The number of hydrogen-bond donors (Lipinski definition) is 1. The van der Waals surface area contributed by atoms with E-state index in [1.165, 1.54) is 18.3 Å². The van der Waals surface area contributed by atoms with Gasteiger partial charge in [0, 0.05) is 61.6 Å². The fourth-order valence-corrected chi connectivity index (χ4v) is 3.64. The van der Waals surface area contributed by atoms with E-state index < -0.39 is 0 Å². The van der Waals surface area contributed by atoms with Crippen LogP contribution in [0.4, 0.5) is 5.69 Å². The Morgan fingerprint density at radius 3 is 2.26 bits per heavy atom. The Balaban J connectivity index is 1.36. The summed E-state index contributed by atoms with van der Waals surface area (Å²) in [5, 5.41) is 9.51. The molecular formula is C27H24N4O4. The third kappa shape index (κ3) is 6.03. The zero-order valence-electron chi connectivity index (χ0n) is 19.1. The van der Waals surface area contributed by atoms with Gasteiger partial charge in [-0.1, -0.05) is 24.5 Å². The van der Waals surface area contributed by atoms with Crippen molar-refractivity contribution in [3.05, 3.63) is 96.1 Å². The SMILES string of the molecule is C=CCOC(=O)c1ccc(N2CCN(C(=O)c3cncc(C#Cc4cncc(O)c4)c3)CC2)cc1. The number of nitrogens with zero attached hydrogens (tertiary/aromatic N) is 4. The second kappa shape index (κ2) is 11.0. The van der Waals surface area contributed by atoms with Crippen LogP contribution in [-0.4, -0.2) is 64.6 Å². The maximum atomic E-state index is 13.0. The third-order valence-corrected chi connectivity index (χ3v) is 5.43. The van der Waals surface area contributed by atoms with E-state index in [9.17, 15) is 14.7 Å². The van der Waals surface area contributed by atoms with Crippen LogP contribution in [0.5, 0.6) is 5.75 Å². The van der Waals surface area contributed by atoms with Gasteiger partial charge in [0.1, 0.15) is 12.4 Å². The normalized spacial score (nSPS) is 12.9. The molecular weight excluding hydrogens is 444 g/mol. The molecule has 1 aromatic carbocycles. The number of carbonyl (C=O) groups is 2. The number of anilines is 1. The van der Waals surface area contributed by atoms with Crippen molar-refractivity contribution in [2.45, 2.75) is 0 Å². The Kier molecular flexibility index (Phi) is 7.38. The van der Waals surface area contributed by atoms with E-state index in [1.807, 2.05) is 12.1 Å². The van der Waals surface area contributed by atoms with E-state index in [0.717, 1.165) is 5.69 Å². The first kappa shape index (κ1) is 23.5. The summed E-state index contributed by atoms with van der Waals surface area (Å²) >= 11 is 0. The molecule has 1 saturated heterocycles. The van der Waals surface area contributed by atoms with E-state index in [1.54, 1.807) is 41.7 Å². The molecule has 0 bridgehead atoms. The van der Waals surface area contributed by atoms with Gasteiger partial charge in [-0.25, -0.2) is 4.79 Å². The van der Waals surface area contributed by atoms with Gasteiger partial charge in [0.15, 0.2) is 0 Å². The summed E-state index contributed by atoms with van der Waals surface area (Å²) in [6.45, 7) is 6.18. The highest BCUT2D eigenvalue weighted by Gasteiger charge is 2.23. The molecule has 0 unspecified atom stereocenters. The largest absolute Gasteiger partial charge is 0.506 e. The molecule has 1 fully saturated rings. The van der Waals surface area contributed by atoms with Crippen molar-refractivity contribution < 1.29 is 19.4 Å². The molecule has 1 amide bonds. The van der Waals surface area contributed by atoms with Gasteiger partial charge in [-0.05, 0) is 36.4 Å². The van der Waals surface area contributed by atoms with Gasteiger partial charge in [0.2, 0.25) is 0 Å². The number of piperazine rings is 1. The van der Waals surface area contributed by atoms with E-state index in [2.05, 4.69) is 33.3 Å². The first-order valence-electron chi connectivity index (χ1n) is 11.1. The zero-order chi connectivity index (χ0) is 24.6. The molecule has 0 radical (unpaired) electrons.